The summed E-state index contributed by atoms with van der Waals surface area (Å²) >= 11 is 0. The quantitative estimate of drug-likeness (QED) is 0.728. The standard InChI is InChI=1S/C15H13N3O/c19-11-18(12-5-2-1-3-6-12)15-9-8-13-14(17-15)7-4-10-16-13/h1-10,19H,11H2/i4D. The summed E-state index contributed by atoms with van der Waals surface area (Å²) in [5, 5.41) is 9.59. The largest absolute Gasteiger partial charge is 0.376 e. The Hall–Kier alpha value is -2.46. The molecule has 0 atom stereocenters. The molecule has 0 aliphatic heterocycles. The third-order valence-corrected chi connectivity index (χ3v) is 2.87. The summed E-state index contributed by atoms with van der Waals surface area (Å²) in [6, 6.07) is 15.2. The van der Waals surface area contributed by atoms with Crippen LogP contribution in [-0.2, 0) is 0 Å². The van der Waals surface area contributed by atoms with Gasteiger partial charge in [-0.05, 0) is 36.4 Å². The van der Waals surface area contributed by atoms with E-state index in [9.17, 15) is 5.11 Å². The third kappa shape index (κ3) is 2.26. The van der Waals surface area contributed by atoms with E-state index in [2.05, 4.69) is 9.97 Å². The van der Waals surface area contributed by atoms with Crippen molar-refractivity contribution in [2.24, 2.45) is 0 Å². The first-order valence-electron chi connectivity index (χ1n) is 6.45. The van der Waals surface area contributed by atoms with Crippen LogP contribution < -0.4 is 4.90 Å². The number of para-hydroxylation sites is 1. The first kappa shape index (κ1) is 10.5. The number of rotatable bonds is 3. The summed E-state index contributed by atoms with van der Waals surface area (Å²) in [7, 11) is 0. The van der Waals surface area contributed by atoms with Crippen LogP contribution in [0.1, 0.15) is 1.37 Å². The number of hydrogen-bond acceptors (Lipinski definition) is 4. The zero-order valence-corrected chi connectivity index (χ0v) is 10.2. The Morgan fingerprint density at radius 3 is 2.68 bits per heavy atom. The van der Waals surface area contributed by atoms with E-state index in [1.54, 1.807) is 11.0 Å². The van der Waals surface area contributed by atoms with Crippen LogP contribution in [0, 0.1) is 0 Å². The molecule has 19 heavy (non-hydrogen) atoms. The van der Waals surface area contributed by atoms with Crippen LogP contribution in [0.25, 0.3) is 11.0 Å². The molecule has 1 aromatic carbocycles. The van der Waals surface area contributed by atoms with Gasteiger partial charge in [-0.3, -0.25) is 4.98 Å². The molecule has 0 aliphatic rings. The summed E-state index contributed by atoms with van der Waals surface area (Å²) in [5.41, 5.74) is 2.23. The summed E-state index contributed by atoms with van der Waals surface area (Å²) in [6.07, 6.45) is 1.49. The maximum Gasteiger partial charge on any atom is 0.135 e. The molecule has 0 bridgehead atoms. The van der Waals surface area contributed by atoms with E-state index in [0.717, 1.165) is 11.2 Å². The molecule has 3 rings (SSSR count). The smallest absolute Gasteiger partial charge is 0.135 e. The molecule has 4 nitrogen and oxygen atoms in total. The molecule has 0 radical (unpaired) electrons. The molecule has 0 fully saturated rings. The fourth-order valence-electron chi connectivity index (χ4n) is 1.94. The van der Waals surface area contributed by atoms with Gasteiger partial charge >= 0.3 is 0 Å². The molecule has 0 unspecified atom stereocenters. The van der Waals surface area contributed by atoms with Gasteiger partial charge in [-0.15, -0.1) is 0 Å². The molecule has 0 saturated heterocycles. The number of nitrogens with zero attached hydrogens (tertiary/aromatic N) is 3. The van der Waals surface area contributed by atoms with Gasteiger partial charge in [-0.25, -0.2) is 4.98 Å². The molecule has 0 saturated carbocycles. The van der Waals surface area contributed by atoms with E-state index in [4.69, 9.17) is 1.37 Å². The topological polar surface area (TPSA) is 49.2 Å². The maximum absolute atomic E-state index is 9.59. The van der Waals surface area contributed by atoms with Crippen LogP contribution in [0.4, 0.5) is 11.5 Å². The molecule has 0 aliphatic carbocycles. The minimum Gasteiger partial charge on any atom is -0.376 e. The zero-order valence-electron chi connectivity index (χ0n) is 11.2. The van der Waals surface area contributed by atoms with Gasteiger partial charge in [0.25, 0.3) is 0 Å². The van der Waals surface area contributed by atoms with Crippen molar-refractivity contribution >= 4 is 22.5 Å². The van der Waals surface area contributed by atoms with Gasteiger partial charge in [0.15, 0.2) is 0 Å². The Morgan fingerprint density at radius 1 is 1.05 bits per heavy atom. The Kier molecular flexibility index (Phi) is 2.77. The lowest BCUT2D eigenvalue weighted by atomic mass is 10.2. The molecule has 0 amide bonds. The van der Waals surface area contributed by atoms with Crippen molar-refractivity contribution in [3.8, 4) is 0 Å². The first-order valence-corrected chi connectivity index (χ1v) is 5.95. The van der Waals surface area contributed by atoms with E-state index < -0.39 is 0 Å². The minimum absolute atomic E-state index is 0.170. The summed E-state index contributed by atoms with van der Waals surface area (Å²) in [4.78, 5) is 10.3. The van der Waals surface area contributed by atoms with Crippen molar-refractivity contribution in [2.45, 2.75) is 0 Å². The highest BCUT2D eigenvalue weighted by molar-refractivity contribution is 5.77. The predicted octanol–water partition coefficient (Wildman–Crippen LogP) is 2.72. The lowest BCUT2D eigenvalue weighted by molar-refractivity contribution is 0.304. The number of aromatic nitrogens is 2. The zero-order chi connectivity index (χ0) is 13.9. The van der Waals surface area contributed by atoms with E-state index in [0.29, 0.717) is 17.4 Å². The molecule has 4 heteroatoms. The highest BCUT2D eigenvalue weighted by atomic mass is 16.3. The van der Waals surface area contributed by atoms with E-state index in [1.165, 1.54) is 6.20 Å². The normalized spacial score (nSPS) is 11.3. The monoisotopic (exact) mass is 252 g/mol. The molecular formula is C15H13N3O. The third-order valence-electron chi connectivity index (χ3n) is 2.87. The molecule has 0 spiro atoms. The van der Waals surface area contributed by atoms with Crippen LogP contribution in [0.2, 0.25) is 0 Å². The Labute approximate surface area is 112 Å². The summed E-state index contributed by atoms with van der Waals surface area (Å²) in [6.45, 7) is -0.170. The van der Waals surface area contributed by atoms with Gasteiger partial charge < -0.3 is 10.0 Å². The number of benzene rings is 1. The van der Waals surface area contributed by atoms with Crippen LogP contribution in [0.15, 0.2) is 60.8 Å². The average molecular weight is 252 g/mol. The van der Waals surface area contributed by atoms with Crippen molar-refractivity contribution in [2.75, 3.05) is 11.6 Å². The van der Waals surface area contributed by atoms with E-state index in [1.807, 2.05) is 42.5 Å². The van der Waals surface area contributed by atoms with Gasteiger partial charge in [0.2, 0.25) is 0 Å². The van der Waals surface area contributed by atoms with Crippen molar-refractivity contribution < 1.29 is 6.48 Å². The van der Waals surface area contributed by atoms with Gasteiger partial charge in [-0.2, -0.15) is 0 Å². The minimum atomic E-state index is -0.170. The van der Waals surface area contributed by atoms with Gasteiger partial charge in [0.05, 0.1) is 12.4 Å². The van der Waals surface area contributed by atoms with Crippen molar-refractivity contribution in [3.63, 3.8) is 0 Å². The Balaban J connectivity index is 2.08. The molecule has 1 N–H and O–H groups in total. The lowest BCUT2D eigenvalue weighted by Crippen LogP contribution is -2.18. The second kappa shape index (κ2) is 5.04. The van der Waals surface area contributed by atoms with Crippen molar-refractivity contribution in [3.05, 3.63) is 60.8 Å². The molecule has 94 valence electrons. The van der Waals surface area contributed by atoms with E-state index in [-0.39, 0.29) is 6.73 Å². The number of anilines is 2. The molecule has 2 aromatic heterocycles. The van der Waals surface area contributed by atoms with Crippen molar-refractivity contribution in [1.82, 2.24) is 9.97 Å². The highest BCUT2D eigenvalue weighted by Gasteiger charge is 2.09. The average Bonchev–Trinajstić information content (AvgIpc) is 2.49. The van der Waals surface area contributed by atoms with Crippen LogP contribution in [0.5, 0.6) is 0 Å². The van der Waals surface area contributed by atoms with Gasteiger partial charge in [0.1, 0.15) is 12.5 Å². The fraction of sp³-hybridized carbons (Fsp3) is 0.0667. The number of hydrogen-bond donors (Lipinski definition) is 1. The van der Waals surface area contributed by atoms with Gasteiger partial charge in [0, 0.05) is 11.9 Å². The SMILES string of the molecule is [2H]c1cnc2ccc(N(CO)c3ccccc3)nc2c1. The molecule has 2 heterocycles. The Bertz CT molecular complexity index is 734. The van der Waals surface area contributed by atoms with Crippen molar-refractivity contribution in [1.29, 1.82) is 0 Å². The maximum atomic E-state index is 9.59. The van der Waals surface area contributed by atoms with Crippen LogP contribution >= 0.6 is 0 Å². The fourth-order valence-corrected chi connectivity index (χ4v) is 1.94. The second-order valence-corrected chi connectivity index (χ2v) is 4.05. The molecule has 3 aromatic rings. The molecular weight excluding hydrogens is 238 g/mol. The number of fused-ring (bicyclic) bond motifs is 1. The first-order chi connectivity index (χ1) is 9.78. The lowest BCUT2D eigenvalue weighted by Gasteiger charge is -2.21. The Morgan fingerprint density at radius 2 is 1.89 bits per heavy atom. The summed E-state index contributed by atoms with van der Waals surface area (Å²) in [5.74, 6) is 0.624. The number of aliphatic hydroxyl groups excluding tert-OH is 1. The predicted molar refractivity (Wildman–Crippen MR) is 75.2 cm³/mol. The second-order valence-electron chi connectivity index (χ2n) is 4.05. The number of pyridine rings is 2. The van der Waals surface area contributed by atoms with Gasteiger partial charge in [-0.1, -0.05) is 18.2 Å². The van der Waals surface area contributed by atoms with Crippen LogP contribution in [0.3, 0.4) is 0 Å². The number of aliphatic hydroxyl groups is 1. The summed E-state index contributed by atoms with van der Waals surface area (Å²) < 4.78 is 7.60. The highest BCUT2D eigenvalue weighted by Crippen LogP contribution is 2.24. The van der Waals surface area contributed by atoms with E-state index >= 15 is 0 Å². The van der Waals surface area contributed by atoms with Crippen LogP contribution in [-0.4, -0.2) is 21.8 Å².